The maximum Gasteiger partial charge on any atom is 0.151 e. The minimum atomic E-state index is 0.488. The Balaban J connectivity index is 2.28. The quantitative estimate of drug-likeness (QED) is 0.459. The van der Waals surface area contributed by atoms with Gasteiger partial charge in [-0.3, -0.25) is 0 Å². The normalized spacial score (nSPS) is 16.7. The van der Waals surface area contributed by atoms with Gasteiger partial charge in [-0.1, -0.05) is 18.3 Å². The third kappa shape index (κ3) is 2.24. The number of nitrogens with two attached hydrogens (primary N) is 1. The van der Waals surface area contributed by atoms with Crippen molar-refractivity contribution in [1.82, 2.24) is 4.31 Å². The van der Waals surface area contributed by atoms with Gasteiger partial charge in [-0.2, -0.15) is 0 Å². The van der Waals surface area contributed by atoms with E-state index in [1.54, 1.807) is 0 Å². The van der Waals surface area contributed by atoms with Gasteiger partial charge in [-0.05, 0) is 6.42 Å². The summed E-state index contributed by atoms with van der Waals surface area (Å²) in [6, 6.07) is 0. The number of hydrogen-bond donors (Lipinski definition) is 1. The van der Waals surface area contributed by atoms with Crippen molar-refractivity contribution < 1.29 is 0 Å². The highest BCUT2D eigenvalue weighted by molar-refractivity contribution is 8.21. The third-order valence-corrected chi connectivity index (χ3v) is 1.94. The van der Waals surface area contributed by atoms with Crippen LogP contribution in [0.2, 0.25) is 0 Å². The second-order valence-electron chi connectivity index (χ2n) is 1.72. The summed E-state index contributed by atoms with van der Waals surface area (Å²) in [4.78, 5) is 0. The van der Waals surface area contributed by atoms with E-state index in [9.17, 15) is 0 Å². The fraction of sp³-hybridized carbons (Fsp3) is 0.400. The molecule has 0 spiro atoms. The minimum absolute atomic E-state index is 0.488. The highest BCUT2D eigenvalue weighted by Crippen LogP contribution is 2.15. The largest absolute Gasteiger partial charge is 0.383 e. The lowest BCUT2D eigenvalue weighted by atomic mass is 10.5. The maximum atomic E-state index is 5.29. The zero-order valence-corrected chi connectivity index (χ0v) is 6.54. The summed E-state index contributed by atoms with van der Waals surface area (Å²) in [6.07, 6.45) is 5.21. The molecule has 0 atom stereocenters. The zero-order chi connectivity index (χ0) is 6.69. The Labute approximate surface area is 64.2 Å². The van der Waals surface area contributed by atoms with Crippen LogP contribution in [-0.2, 0) is 0 Å². The predicted molar refractivity (Wildman–Crippen MR) is 44.8 cm³/mol. The molecule has 0 fully saturated rings. The van der Waals surface area contributed by atoms with E-state index in [1.807, 2.05) is 10.5 Å². The van der Waals surface area contributed by atoms with Crippen molar-refractivity contribution in [3.05, 3.63) is 12.3 Å². The number of rotatable bonds is 1. The topological polar surface area (TPSA) is 29.3 Å². The Kier molecular flexibility index (Phi) is 2.36. The number of thiocarbonyl (C=S) groups is 1. The molecule has 2 N–H and O–H groups in total. The molecule has 2 nitrogen and oxygen atoms in total. The molecular formula is C5H8N2S2. The van der Waals surface area contributed by atoms with Gasteiger partial charge in [0, 0.05) is 24.7 Å². The molecule has 0 bridgehead atoms. The molecule has 0 radical (unpaired) electrons. The Morgan fingerprint density at radius 3 is 3.00 bits per heavy atom. The van der Waals surface area contributed by atoms with Crippen molar-refractivity contribution in [1.29, 1.82) is 0 Å². The van der Waals surface area contributed by atoms with Gasteiger partial charge in [-0.15, -0.1) is 0 Å². The first-order chi connectivity index (χ1) is 4.29. The van der Waals surface area contributed by atoms with Crippen molar-refractivity contribution >= 4 is 28.5 Å². The molecule has 0 saturated heterocycles. The van der Waals surface area contributed by atoms with E-state index in [0.29, 0.717) is 4.32 Å². The molecule has 1 heterocycles. The van der Waals surface area contributed by atoms with E-state index in [0.717, 1.165) is 13.0 Å². The van der Waals surface area contributed by atoms with E-state index in [1.165, 1.54) is 11.9 Å². The van der Waals surface area contributed by atoms with Gasteiger partial charge in [0.25, 0.3) is 0 Å². The molecule has 0 saturated carbocycles. The summed E-state index contributed by atoms with van der Waals surface area (Å²) < 4.78 is 2.52. The molecular weight excluding hydrogens is 152 g/mol. The van der Waals surface area contributed by atoms with Gasteiger partial charge in [0.05, 0.1) is 0 Å². The standard InChI is InChI=1S/C5H8N2S2/c6-5(8)9-7-3-1-2-4-7/h1,3H,2,4H2,(H2,6,8). The van der Waals surface area contributed by atoms with Gasteiger partial charge in [0.2, 0.25) is 0 Å². The van der Waals surface area contributed by atoms with Crippen LogP contribution in [0.5, 0.6) is 0 Å². The lowest BCUT2D eigenvalue weighted by molar-refractivity contribution is 0.677. The Hall–Kier alpha value is -0.220. The van der Waals surface area contributed by atoms with E-state index in [2.05, 4.69) is 6.08 Å². The Morgan fingerprint density at radius 2 is 2.56 bits per heavy atom. The monoisotopic (exact) mass is 160 g/mol. The van der Waals surface area contributed by atoms with Crippen LogP contribution in [0, 0.1) is 0 Å². The van der Waals surface area contributed by atoms with Crippen molar-refractivity contribution in [3.8, 4) is 0 Å². The van der Waals surface area contributed by atoms with Gasteiger partial charge < -0.3 is 10.0 Å². The summed E-state index contributed by atoms with van der Waals surface area (Å²) in [5, 5.41) is 0. The molecule has 1 aliphatic rings. The summed E-state index contributed by atoms with van der Waals surface area (Å²) in [7, 11) is 0. The van der Waals surface area contributed by atoms with Crippen molar-refractivity contribution in [2.45, 2.75) is 6.42 Å². The fourth-order valence-electron chi connectivity index (χ4n) is 0.660. The van der Waals surface area contributed by atoms with Crippen molar-refractivity contribution in [2.75, 3.05) is 6.54 Å². The highest BCUT2D eigenvalue weighted by atomic mass is 32.2. The predicted octanol–water partition coefficient (Wildman–Crippen LogP) is 1.10. The smallest absolute Gasteiger partial charge is 0.151 e. The molecule has 0 aliphatic carbocycles. The van der Waals surface area contributed by atoms with Crippen LogP contribution in [0.4, 0.5) is 0 Å². The fourth-order valence-corrected chi connectivity index (χ4v) is 1.52. The second-order valence-corrected chi connectivity index (χ2v) is 3.51. The van der Waals surface area contributed by atoms with Gasteiger partial charge in [0.1, 0.15) is 0 Å². The zero-order valence-electron chi connectivity index (χ0n) is 4.91. The van der Waals surface area contributed by atoms with Crippen LogP contribution in [0.15, 0.2) is 12.3 Å². The molecule has 1 rings (SSSR count). The molecule has 0 aromatic carbocycles. The van der Waals surface area contributed by atoms with E-state index < -0.39 is 0 Å². The number of nitrogens with zero attached hydrogens (tertiary/aromatic N) is 1. The summed E-state index contributed by atoms with van der Waals surface area (Å²) in [6.45, 7) is 1.03. The molecule has 1 aliphatic heterocycles. The van der Waals surface area contributed by atoms with Crippen LogP contribution < -0.4 is 5.73 Å². The van der Waals surface area contributed by atoms with Gasteiger partial charge in [-0.25, -0.2) is 0 Å². The summed E-state index contributed by atoms with van der Waals surface area (Å²) in [5.74, 6) is 0. The van der Waals surface area contributed by atoms with Crippen LogP contribution in [0.1, 0.15) is 6.42 Å². The third-order valence-electron chi connectivity index (χ3n) is 0.995. The summed E-state index contributed by atoms with van der Waals surface area (Å²) in [5.41, 5.74) is 5.29. The molecule has 0 aromatic heterocycles. The first-order valence-corrected chi connectivity index (χ1v) is 3.88. The lowest BCUT2D eigenvalue weighted by Crippen LogP contribution is -2.12. The summed E-state index contributed by atoms with van der Waals surface area (Å²) >= 11 is 6.12. The first kappa shape index (κ1) is 6.89. The van der Waals surface area contributed by atoms with E-state index in [-0.39, 0.29) is 0 Å². The van der Waals surface area contributed by atoms with Gasteiger partial charge in [0.15, 0.2) is 4.32 Å². The van der Waals surface area contributed by atoms with Crippen LogP contribution in [0.25, 0.3) is 0 Å². The van der Waals surface area contributed by atoms with Gasteiger partial charge >= 0.3 is 0 Å². The average molecular weight is 160 g/mol. The highest BCUT2D eigenvalue weighted by Gasteiger charge is 2.04. The lowest BCUT2D eigenvalue weighted by Gasteiger charge is -2.10. The molecule has 4 heteroatoms. The molecule has 0 aromatic rings. The maximum absolute atomic E-state index is 5.29. The SMILES string of the molecule is NC(=S)SN1C=CCC1. The molecule has 9 heavy (non-hydrogen) atoms. The molecule has 50 valence electrons. The van der Waals surface area contributed by atoms with Crippen molar-refractivity contribution in [2.24, 2.45) is 5.73 Å². The number of hydrogen-bond acceptors (Lipinski definition) is 3. The van der Waals surface area contributed by atoms with Crippen molar-refractivity contribution in [3.63, 3.8) is 0 Å². The second kappa shape index (κ2) is 3.08. The first-order valence-electron chi connectivity index (χ1n) is 2.70. The molecule has 0 unspecified atom stereocenters. The molecule has 0 amide bonds. The minimum Gasteiger partial charge on any atom is -0.383 e. The Bertz CT molecular complexity index is 144. The van der Waals surface area contributed by atoms with Crippen LogP contribution in [-0.4, -0.2) is 15.2 Å². The van der Waals surface area contributed by atoms with Crippen LogP contribution >= 0.6 is 24.2 Å². The van der Waals surface area contributed by atoms with E-state index in [4.69, 9.17) is 18.0 Å². The average Bonchev–Trinajstić information content (AvgIpc) is 2.15. The van der Waals surface area contributed by atoms with Crippen LogP contribution in [0.3, 0.4) is 0 Å². The van der Waals surface area contributed by atoms with E-state index >= 15 is 0 Å². The Morgan fingerprint density at radius 1 is 1.78 bits per heavy atom.